The number of urea groups is 1. The number of nitrogens with zero attached hydrogens (tertiary/aromatic N) is 3. The molecule has 1 aromatic rings. The normalized spacial score (nSPS) is 17.8. The van der Waals surface area contributed by atoms with E-state index in [1.54, 1.807) is 0 Å². The summed E-state index contributed by atoms with van der Waals surface area (Å²) < 4.78 is 26.7. The van der Waals surface area contributed by atoms with Gasteiger partial charge in [-0.15, -0.1) is 0 Å². The molecule has 3 rings (SSSR count). The first-order valence-electron chi connectivity index (χ1n) is 9.83. The van der Waals surface area contributed by atoms with Crippen LogP contribution in [0, 0.1) is 0 Å². The van der Waals surface area contributed by atoms with Crippen LogP contribution < -0.4 is 5.32 Å². The maximum Gasteiger partial charge on any atom is 0.334 e. The van der Waals surface area contributed by atoms with Gasteiger partial charge in [-0.25, -0.2) is 18.1 Å². The quantitative estimate of drug-likeness (QED) is 0.479. The van der Waals surface area contributed by atoms with Gasteiger partial charge in [0.1, 0.15) is 6.54 Å². The molecule has 5 amide bonds. The molecule has 2 saturated heterocycles. The van der Waals surface area contributed by atoms with Crippen LogP contribution in [0.5, 0.6) is 0 Å². The van der Waals surface area contributed by atoms with E-state index in [2.05, 4.69) is 5.32 Å². The van der Waals surface area contributed by atoms with Gasteiger partial charge in [0, 0.05) is 25.3 Å². The van der Waals surface area contributed by atoms with E-state index in [4.69, 9.17) is 0 Å². The van der Waals surface area contributed by atoms with Crippen LogP contribution in [0.4, 0.5) is 10.5 Å². The van der Waals surface area contributed by atoms with Crippen molar-refractivity contribution in [2.45, 2.75) is 37.5 Å². The zero-order valence-corrected chi connectivity index (χ0v) is 17.5. The van der Waals surface area contributed by atoms with Crippen molar-refractivity contribution in [3.63, 3.8) is 0 Å². The number of hydrogen-bond acceptors (Lipinski definition) is 6. The highest BCUT2D eigenvalue weighted by Crippen LogP contribution is 2.23. The van der Waals surface area contributed by atoms with E-state index in [9.17, 15) is 27.6 Å². The third kappa shape index (κ3) is 4.36. The van der Waals surface area contributed by atoms with Gasteiger partial charge in [-0.3, -0.25) is 19.3 Å². The van der Waals surface area contributed by atoms with Crippen LogP contribution in [0.3, 0.4) is 0 Å². The molecule has 2 aliphatic rings. The summed E-state index contributed by atoms with van der Waals surface area (Å²) >= 11 is 0. The molecule has 0 spiro atoms. The average Bonchev–Trinajstić information content (AvgIpc) is 3.32. The average molecular weight is 436 g/mol. The molecule has 0 radical (unpaired) electrons. The van der Waals surface area contributed by atoms with Crippen LogP contribution in [0.1, 0.15) is 32.6 Å². The van der Waals surface area contributed by atoms with Gasteiger partial charge in [0.25, 0.3) is 0 Å². The minimum atomic E-state index is -3.65. The van der Waals surface area contributed by atoms with Gasteiger partial charge >= 0.3 is 17.8 Å². The second-order valence-electron chi connectivity index (χ2n) is 7.17. The van der Waals surface area contributed by atoms with Crippen LogP contribution >= 0.6 is 0 Å². The van der Waals surface area contributed by atoms with Crippen LogP contribution in [0.15, 0.2) is 29.2 Å². The molecule has 162 valence electrons. The van der Waals surface area contributed by atoms with Crippen molar-refractivity contribution in [1.29, 1.82) is 0 Å². The van der Waals surface area contributed by atoms with Crippen LogP contribution in [-0.4, -0.2) is 72.5 Å². The molecule has 0 atom stereocenters. The van der Waals surface area contributed by atoms with Gasteiger partial charge in [0.2, 0.25) is 15.9 Å². The Morgan fingerprint density at radius 3 is 2.40 bits per heavy atom. The maximum atomic E-state index is 12.7. The number of imide groups is 2. The molecule has 0 saturated carbocycles. The molecule has 0 aliphatic carbocycles. The lowest BCUT2D eigenvalue weighted by Gasteiger charge is -2.17. The number of hydrogen-bond donors (Lipinski definition) is 1. The zero-order valence-electron chi connectivity index (χ0n) is 16.7. The third-order valence-electron chi connectivity index (χ3n) is 4.99. The standard InChI is InChI=1S/C19H24N4O6S/c1-2-3-11-22-17(25)18(26)23(19(22)27)13-16(24)20-14-7-6-8-15(12-14)30(28,29)21-9-4-5-10-21/h6-8,12H,2-5,9-11,13H2,1H3,(H,20,24). The molecular formula is C19H24N4O6S. The second kappa shape index (κ2) is 8.92. The molecular weight excluding hydrogens is 412 g/mol. The number of sulfonamides is 1. The van der Waals surface area contributed by atoms with Gasteiger partial charge in [0.15, 0.2) is 0 Å². The summed E-state index contributed by atoms with van der Waals surface area (Å²) in [5, 5.41) is 2.49. The number of carbonyl (C=O) groups is 4. The van der Waals surface area contributed by atoms with E-state index in [-0.39, 0.29) is 17.1 Å². The number of amides is 5. The Morgan fingerprint density at radius 2 is 1.73 bits per heavy atom. The van der Waals surface area contributed by atoms with E-state index in [0.29, 0.717) is 24.4 Å². The molecule has 11 heteroatoms. The Kier molecular flexibility index (Phi) is 6.52. The van der Waals surface area contributed by atoms with Crippen LogP contribution in [0.25, 0.3) is 0 Å². The van der Waals surface area contributed by atoms with E-state index < -0.39 is 40.3 Å². The number of nitrogens with one attached hydrogen (secondary N) is 1. The van der Waals surface area contributed by atoms with Crippen molar-refractivity contribution in [1.82, 2.24) is 14.1 Å². The summed E-state index contributed by atoms with van der Waals surface area (Å²) in [6.07, 6.45) is 2.91. The Labute approximate surface area is 174 Å². The zero-order chi connectivity index (χ0) is 21.9. The van der Waals surface area contributed by atoms with Crippen molar-refractivity contribution >= 4 is 39.5 Å². The number of anilines is 1. The predicted octanol–water partition coefficient (Wildman–Crippen LogP) is 1.00. The van der Waals surface area contributed by atoms with E-state index in [1.165, 1.54) is 28.6 Å². The lowest BCUT2D eigenvalue weighted by Crippen LogP contribution is -2.39. The fourth-order valence-corrected chi connectivity index (χ4v) is 4.92. The summed E-state index contributed by atoms with van der Waals surface area (Å²) in [4.78, 5) is 50.2. The third-order valence-corrected chi connectivity index (χ3v) is 6.89. The molecule has 0 bridgehead atoms. The Bertz CT molecular complexity index is 971. The van der Waals surface area contributed by atoms with E-state index in [0.717, 1.165) is 24.2 Å². The first-order chi connectivity index (χ1) is 14.3. The lowest BCUT2D eigenvalue weighted by molar-refractivity contribution is -0.143. The summed E-state index contributed by atoms with van der Waals surface area (Å²) in [6.45, 7) is 2.29. The van der Waals surface area contributed by atoms with Crippen LogP contribution in [-0.2, 0) is 24.4 Å². The van der Waals surface area contributed by atoms with Gasteiger partial charge in [0.05, 0.1) is 4.90 Å². The van der Waals surface area contributed by atoms with Crippen LogP contribution in [0.2, 0.25) is 0 Å². The molecule has 1 N–H and O–H groups in total. The van der Waals surface area contributed by atoms with Gasteiger partial charge in [-0.2, -0.15) is 4.31 Å². The Morgan fingerprint density at radius 1 is 1.07 bits per heavy atom. The Balaban J connectivity index is 1.67. The molecule has 10 nitrogen and oxygen atoms in total. The first-order valence-corrected chi connectivity index (χ1v) is 11.3. The fraction of sp³-hybridized carbons (Fsp3) is 0.474. The summed E-state index contributed by atoms with van der Waals surface area (Å²) in [5.41, 5.74) is 0.216. The van der Waals surface area contributed by atoms with Gasteiger partial charge in [-0.1, -0.05) is 19.4 Å². The molecule has 2 fully saturated rings. The summed E-state index contributed by atoms with van der Waals surface area (Å²) in [5.74, 6) is -2.70. The highest BCUT2D eigenvalue weighted by Gasteiger charge is 2.44. The largest absolute Gasteiger partial charge is 0.334 e. The monoisotopic (exact) mass is 436 g/mol. The number of rotatable bonds is 8. The second-order valence-corrected chi connectivity index (χ2v) is 9.11. The molecule has 0 unspecified atom stereocenters. The smallest absolute Gasteiger partial charge is 0.324 e. The summed E-state index contributed by atoms with van der Waals surface area (Å²) in [7, 11) is -3.65. The molecule has 30 heavy (non-hydrogen) atoms. The fourth-order valence-electron chi connectivity index (χ4n) is 3.36. The number of carbonyl (C=O) groups excluding carboxylic acids is 4. The predicted molar refractivity (Wildman–Crippen MR) is 107 cm³/mol. The van der Waals surface area contributed by atoms with Crippen molar-refractivity contribution in [3.05, 3.63) is 24.3 Å². The maximum absolute atomic E-state index is 12.7. The minimum Gasteiger partial charge on any atom is -0.324 e. The summed E-state index contributed by atoms with van der Waals surface area (Å²) in [6, 6.07) is 4.96. The molecule has 0 aromatic heterocycles. The van der Waals surface area contributed by atoms with Crippen molar-refractivity contribution in [3.8, 4) is 0 Å². The molecule has 1 aromatic carbocycles. The van der Waals surface area contributed by atoms with Crippen molar-refractivity contribution in [2.24, 2.45) is 0 Å². The molecule has 2 heterocycles. The first kappa shape index (κ1) is 21.9. The lowest BCUT2D eigenvalue weighted by atomic mass is 10.3. The topological polar surface area (TPSA) is 124 Å². The highest BCUT2D eigenvalue weighted by atomic mass is 32.2. The molecule has 2 aliphatic heterocycles. The van der Waals surface area contributed by atoms with E-state index in [1.807, 2.05) is 6.92 Å². The van der Waals surface area contributed by atoms with Gasteiger partial charge in [-0.05, 0) is 37.5 Å². The minimum absolute atomic E-state index is 0.0523. The van der Waals surface area contributed by atoms with Crippen molar-refractivity contribution in [2.75, 3.05) is 31.5 Å². The SMILES string of the molecule is CCCCN1C(=O)C(=O)N(CC(=O)Nc2cccc(S(=O)(=O)N3CCCC3)c2)C1=O. The highest BCUT2D eigenvalue weighted by molar-refractivity contribution is 7.89. The number of benzene rings is 1. The van der Waals surface area contributed by atoms with Crippen molar-refractivity contribution < 1.29 is 27.6 Å². The van der Waals surface area contributed by atoms with Gasteiger partial charge < -0.3 is 5.32 Å². The number of unbranched alkanes of at least 4 members (excludes halogenated alkanes) is 1. The Hall–Kier alpha value is -2.79. The van der Waals surface area contributed by atoms with E-state index >= 15 is 0 Å².